The highest BCUT2D eigenvalue weighted by molar-refractivity contribution is 5.82. The third kappa shape index (κ3) is 2.88. The predicted octanol–water partition coefficient (Wildman–Crippen LogP) is 1.93. The Labute approximate surface area is 107 Å². The Kier molecular flexibility index (Phi) is 3.66. The van der Waals surface area contributed by atoms with E-state index >= 15 is 0 Å². The lowest BCUT2D eigenvalue weighted by Crippen LogP contribution is -2.48. The lowest BCUT2D eigenvalue weighted by Gasteiger charge is -2.28. The fraction of sp³-hybridized carbons (Fsp3) is 0.500. The lowest BCUT2D eigenvalue weighted by molar-refractivity contribution is -0.124. The van der Waals surface area contributed by atoms with Gasteiger partial charge in [0, 0.05) is 0 Å². The summed E-state index contributed by atoms with van der Waals surface area (Å²) in [5, 5.41) is 6.18. The summed E-state index contributed by atoms with van der Waals surface area (Å²) >= 11 is 0. The van der Waals surface area contributed by atoms with Crippen LogP contribution in [0.2, 0.25) is 0 Å². The molecule has 0 aliphatic carbocycles. The van der Waals surface area contributed by atoms with Crippen LogP contribution in [0.5, 0.6) is 0 Å². The van der Waals surface area contributed by atoms with E-state index in [4.69, 9.17) is 0 Å². The normalized spacial score (nSPS) is 19.8. The minimum absolute atomic E-state index is 0.0156. The molecule has 1 amide bonds. The van der Waals surface area contributed by atoms with Gasteiger partial charge in [0.05, 0.1) is 11.6 Å². The Bertz CT molecular complexity index is 422. The summed E-state index contributed by atoms with van der Waals surface area (Å²) in [7, 11) is 0. The summed E-state index contributed by atoms with van der Waals surface area (Å²) in [5.74, 6) is -0.250. The van der Waals surface area contributed by atoms with Gasteiger partial charge in [-0.1, -0.05) is 12.1 Å². The summed E-state index contributed by atoms with van der Waals surface area (Å²) in [6.45, 7) is 4.75. The minimum atomic E-state index is -0.491. The topological polar surface area (TPSA) is 41.1 Å². The first-order chi connectivity index (χ1) is 8.49. The second kappa shape index (κ2) is 5.06. The van der Waals surface area contributed by atoms with Crippen molar-refractivity contribution in [1.29, 1.82) is 0 Å². The van der Waals surface area contributed by atoms with Crippen molar-refractivity contribution in [1.82, 2.24) is 10.6 Å². The maximum absolute atomic E-state index is 12.9. The molecule has 0 spiro atoms. The molecule has 1 aliphatic rings. The third-order valence-corrected chi connectivity index (χ3v) is 3.38. The van der Waals surface area contributed by atoms with E-state index < -0.39 is 5.54 Å². The molecule has 0 saturated carbocycles. The van der Waals surface area contributed by atoms with Gasteiger partial charge in [0.15, 0.2) is 0 Å². The molecule has 3 nitrogen and oxygen atoms in total. The van der Waals surface area contributed by atoms with Gasteiger partial charge in [-0.2, -0.15) is 0 Å². The zero-order valence-corrected chi connectivity index (χ0v) is 10.8. The Morgan fingerprint density at radius 2 is 2.06 bits per heavy atom. The first-order valence-electron chi connectivity index (χ1n) is 6.30. The van der Waals surface area contributed by atoms with E-state index in [1.807, 2.05) is 13.8 Å². The molecule has 1 aromatic carbocycles. The predicted molar refractivity (Wildman–Crippen MR) is 68.6 cm³/mol. The van der Waals surface area contributed by atoms with Crippen LogP contribution in [0.1, 0.15) is 32.3 Å². The molecule has 0 radical (unpaired) electrons. The van der Waals surface area contributed by atoms with E-state index in [9.17, 15) is 9.18 Å². The first kappa shape index (κ1) is 13.0. The van der Waals surface area contributed by atoms with Gasteiger partial charge in [-0.25, -0.2) is 4.39 Å². The SMILES string of the molecule is CC(C)(NC(=O)C1CCCN1)c1ccc(F)cc1. The summed E-state index contributed by atoms with van der Waals surface area (Å²) < 4.78 is 12.9. The fourth-order valence-corrected chi connectivity index (χ4v) is 2.24. The lowest BCUT2D eigenvalue weighted by atomic mass is 9.93. The molecule has 0 aromatic heterocycles. The van der Waals surface area contributed by atoms with Gasteiger partial charge in [-0.3, -0.25) is 4.79 Å². The smallest absolute Gasteiger partial charge is 0.237 e. The highest BCUT2D eigenvalue weighted by Crippen LogP contribution is 2.21. The van der Waals surface area contributed by atoms with Crippen LogP contribution >= 0.6 is 0 Å². The van der Waals surface area contributed by atoms with Gasteiger partial charge in [-0.05, 0) is 50.9 Å². The zero-order valence-electron chi connectivity index (χ0n) is 10.8. The molecule has 18 heavy (non-hydrogen) atoms. The summed E-state index contributed by atoms with van der Waals surface area (Å²) in [4.78, 5) is 12.1. The van der Waals surface area contributed by atoms with Crippen LogP contribution in [0.3, 0.4) is 0 Å². The molecule has 98 valence electrons. The Balaban J connectivity index is 2.06. The maximum atomic E-state index is 12.9. The van der Waals surface area contributed by atoms with E-state index in [1.54, 1.807) is 12.1 Å². The van der Waals surface area contributed by atoms with Crippen molar-refractivity contribution in [3.63, 3.8) is 0 Å². The summed E-state index contributed by atoms with van der Waals surface area (Å²) in [6.07, 6.45) is 1.92. The molecule has 1 atom stereocenters. The van der Waals surface area contributed by atoms with Gasteiger partial charge in [0.1, 0.15) is 5.82 Å². The molecule has 1 unspecified atom stereocenters. The van der Waals surface area contributed by atoms with E-state index in [0.29, 0.717) is 0 Å². The second-order valence-corrected chi connectivity index (χ2v) is 5.27. The Morgan fingerprint density at radius 1 is 1.39 bits per heavy atom. The maximum Gasteiger partial charge on any atom is 0.237 e. The highest BCUT2D eigenvalue weighted by atomic mass is 19.1. The molecule has 1 aliphatic heterocycles. The standard InChI is InChI=1S/C14H19FN2O/c1-14(2,10-5-7-11(15)8-6-10)17-13(18)12-4-3-9-16-12/h5-8,12,16H,3-4,9H2,1-2H3,(H,17,18). The van der Waals surface area contributed by atoms with Crippen LogP contribution in [0, 0.1) is 5.82 Å². The number of amides is 1. The molecule has 2 N–H and O–H groups in total. The molecule has 1 saturated heterocycles. The minimum Gasteiger partial charge on any atom is -0.346 e. The highest BCUT2D eigenvalue weighted by Gasteiger charge is 2.28. The monoisotopic (exact) mass is 250 g/mol. The van der Waals surface area contributed by atoms with E-state index in [0.717, 1.165) is 24.9 Å². The molecular weight excluding hydrogens is 231 g/mol. The number of carbonyl (C=O) groups excluding carboxylic acids is 1. The van der Waals surface area contributed by atoms with E-state index in [1.165, 1.54) is 12.1 Å². The summed E-state index contributed by atoms with van der Waals surface area (Å²) in [5.41, 5.74) is 0.407. The van der Waals surface area contributed by atoms with E-state index in [-0.39, 0.29) is 17.8 Å². The van der Waals surface area contributed by atoms with Crippen molar-refractivity contribution in [3.05, 3.63) is 35.6 Å². The zero-order chi connectivity index (χ0) is 13.2. The molecule has 1 aromatic rings. The third-order valence-electron chi connectivity index (χ3n) is 3.38. The molecule has 1 fully saturated rings. The Morgan fingerprint density at radius 3 is 2.61 bits per heavy atom. The van der Waals surface area contributed by atoms with Crippen LogP contribution in [-0.4, -0.2) is 18.5 Å². The van der Waals surface area contributed by atoms with Gasteiger partial charge in [0.25, 0.3) is 0 Å². The quantitative estimate of drug-likeness (QED) is 0.860. The molecule has 1 heterocycles. The average molecular weight is 250 g/mol. The molecule has 0 bridgehead atoms. The number of rotatable bonds is 3. The van der Waals surface area contributed by atoms with Gasteiger partial charge < -0.3 is 10.6 Å². The number of carbonyl (C=O) groups is 1. The molecular formula is C14H19FN2O. The van der Waals surface area contributed by atoms with E-state index in [2.05, 4.69) is 10.6 Å². The van der Waals surface area contributed by atoms with Crippen molar-refractivity contribution in [2.24, 2.45) is 0 Å². The average Bonchev–Trinajstić information content (AvgIpc) is 2.82. The first-order valence-corrected chi connectivity index (χ1v) is 6.30. The van der Waals surface area contributed by atoms with Gasteiger partial charge in [-0.15, -0.1) is 0 Å². The van der Waals surface area contributed by atoms with Crippen molar-refractivity contribution >= 4 is 5.91 Å². The van der Waals surface area contributed by atoms with Crippen molar-refractivity contribution in [2.75, 3.05) is 6.54 Å². The van der Waals surface area contributed by atoms with Crippen molar-refractivity contribution in [3.8, 4) is 0 Å². The number of halogens is 1. The number of nitrogens with one attached hydrogen (secondary N) is 2. The number of benzene rings is 1. The number of hydrogen-bond acceptors (Lipinski definition) is 2. The summed E-state index contributed by atoms with van der Waals surface area (Å²) in [6, 6.07) is 6.15. The Hall–Kier alpha value is -1.42. The molecule has 4 heteroatoms. The van der Waals surface area contributed by atoms with Crippen molar-refractivity contribution in [2.45, 2.75) is 38.3 Å². The van der Waals surface area contributed by atoms with Gasteiger partial charge in [0.2, 0.25) is 5.91 Å². The van der Waals surface area contributed by atoms with Crippen LogP contribution in [0.15, 0.2) is 24.3 Å². The molecule has 2 rings (SSSR count). The van der Waals surface area contributed by atoms with Crippen molar-refractivity contribution < 1.29 is 9.18 Å². The van der Waals surface area contributed by atoms with Crippen LogP contribution < -0.4 is 10.6 Å². The largest absolute Gasteiger partial charge is 0.346 e. The van der Waals surface area contributed by atoms with Gasteiger partial charge >= 0.3 is 0 Å². The van der Waals surface area contributed by atoms with Crippen LogP contribution in [-0.2, 0) is 10.3 Å². The van der Waals surface area contributed by atoms with Crippen LogP contribution in [0.25, 0.3) is 0 Å². The second-order valence-electron chi connectivity index (χ2n) is 5.27. The van der Waals surface area contributed by atoms with Crippen LogP contribution in [0.4, 0.5) is 4.39 Å². The number of hydrogen-bond donors (Lipinski definition) is 2. The fourth-order valence-electron chi connectivity index (χ4n) is 2.24.